The lowest BCUT2D eigenvalue weighted by atomic mass is 10.2. The first-order valence-electron chi connectivity index (χ1n) is 3.82. The summed E-state index contributed by atoms with van der Waals surface area (Å²) in [6, 6.07) is 8.74. The van der Waals surface area contributed by atoms with E-state index in [1.165, 1.54) is 0 Å². The first-order chi connectivity index (χ1) is 6.58. The van der Waals surface area contributed by atoms with Gasteiger partial charge in [-0.15, -0.1) is 13.2 Å². The molecule has 0 saturated heterocycles. The van der Waals surface area contributed by atoms with Gasteiger partial charge < -0.3 is 0 Å². The van der Waals surface area contributed by atoms with Gasteiger partial charge in [0.1, 0.15) is 6.61 Å². The quantitative estimate of drug-likeness (QED) is 0.633. The summed E-state index contributed by atoms with van der Waals surface area (Å²) in [6.07, 6.45) is -4.61. The molecule has 0 unspecified atom stereocenters. The SMILES string of the molecule is FC(F)(F)OCC#Cc1ccccc1. The zero-order valence-electron chi connectivity index (χ0n) is 7.14. The number of hydrogen-bond donors (Lipinski definition) is 0. The van der Waals surface area contributed by atoms with Gasteiger partial charge in [0.25, 0.3) is 0 Å². The van der Waals surface area contributed by atoms with E-state index in [-0.39, 0.29) is 0 Å². The zero-order valence-corrected chi connectivity index (χ0v) is 7.14. The summed E-state index contributed by atoms with van der Waals surface area (Å²) < 4.78 is 38.0. The second kappa shape index (κ2) is 4.68. The molecule has 0 atom stereocenters. The molecule has 0 saturated carbocycles. The Morgan fingerprint density at radius 1 is 1.14 bits per heavy atom. The van der Waals surface area contributed by atoms with Crippen molar-refractivity contribution in [2.75, 3.05) is 6.61 Å². The Labute approximate surface area is 79.5 Å². The Balaban J connectivity index is 2.42. The highest BCUT2D eigenvalue weighted by Crippen LogP contribution is 2.15. The van der Waals surface area contributed by atoms with E-state index >= 15 is 0 Å². The molecule has 0 spiro atoms. The van der Waals surface area contributed by atoms with Crippen LogP contribution in [0.3, 0.4) is 0 Å². The number of ether oxygens (including phenoxy) is 1. The summed E-state index contributed by atoms with van der Waals surface area (Å²) in [6.45, 7) is -0.640. The van der Waals surface area contributed by atoms with E-state index in [1.807, 2.05) is 0 Å². The monoisotopic (exact) mass is 200 g/mol. The Morgan fingerprint density at radius 2 is 1.79 bits per heavy atom. The minimum atomic E-state index is -4.61. The molecule has 0 amide bonds. The molecule has 0 radical (unpaired) electrons. The fourth-order valence-electron chi connectivity index (χ4n) is 0.778. The molecule has 0 aromatic heterocycles. The molecular formula is C10H7F3O. The molecule has 1 rings (SSSR count). The number of rotatable bonds is 1. The van der Waals surface area contributed by atoms with Gasteiger partial charge in [0.2, 0.25) is 0 Å². The number of benzene rings is 1. The van der Waals surface area contributed by atoms with Crippen molar-refractivity contribution in [1.82, 2.24) is 0 Å². The third-order valence-corrected chi connectivity index (χ3v) is 1.31. The summed E-state index contributed by atoms with van der Waals surface area (Å²) in [5.74, 6) is 4.81. The van der Waals surface area contributed by atoms with Crippen molar-refractivity contribution in [3.8, 4) is 11.8 Å². The smallest absolute Gasteiger partial charge is 0.279 e. The van der Waals surface area contributed by atoms with E-state index < -0.39 is 13.0 Å². The molecule has 0 aliphatic rings. The topological polar surface area (TPSA) is 9.23 Å². The van der Waals surface area contributed by atoms with E-state index in [9.17, 15) is 13.2 Å². The fraction of sp³-hybridized carbons (Fsp3) is 0.200. The highest BCUT2D eigenvalue weighted by atomic mass is 19.4. The van der Waals surface area contributed by atoms with Crippen LogP contribution in [0.5, 0.6) is 0 Å². The third-order valence-electron chi connectivity index (χ3n) is 1.31. The Hall–Kier alpha value is -1.47. The van der Waals surface area contributed by atoms with Gasteiger partial charge in [0.05, 0.1) is 0 Å². The summed E-state index contributed by atoms with van der Waals surface area (Å²) in [5.41, 5.74) is 0.665. The van der Waals surface area contributed by atoms with Crippen molar-refractivity contribution in [3.05, 3.63) is 35.9 Å². The van der Waals surface area contributed by atoms with E-state index in [1.54, 1.807) is 30.3 Å². The maximum atomic E-state index is 11.5. The van der Waals surface area contributed by atoms with Crippen molar-refractivity contribution < 1.29 is 17.9 Å². The van der Waals surface area contributed by atoms with Crippen LogP contribution in [0.25, 0.3) is 0 Å². The predicted molar refractivity (Wildman–Crippen MR) is 45.3 cm³/mol. The second-order valence-electron chi connectivity index (χ2n) is 2.40. The molecule has 0 aliphatic carbocycles. The first kappa shape index (κ1) is 10.6. The van der Waals surface area contributed by atoms with E-state index in [0.29, 0.717) is 5.56 Å². The molecule has 74 valence electrons. The summed E-state index contributed by atoms with van der Waals surface area (Å²) in [4.78, 5) is 0. The van der Waals surface area contributed by atoms with Crippen LogP contribution in [0.1, 0.15) is 5.56 Å². The molecule has 0 heterocycles. The predicted octanol–water partition coefficient (Wildman–Crippen LogP) is 2.57. The summed E-state index contributed by atoms with van der Waals surface area (Å²) in [5, 5.41) is 0. The lowest BCUT2D eigenvalue weighted by molar-refractivity contribution is -0.318. The minimum absolute atomic E-state index is 0.640. The summed E-state index contributed by atoms with van der Waals surface area (Å²) in [7, 11) is 0. The van der Waals surface area contributed by atoms with E-state index in [0.717, 1.165) is 0 Å². The van der Waals surface area contributed by atoms with Crippen molar-refractivity contribution in [2.24, 2.45) is 0 Å². The van der Waals surface area contributed by atoms with Crippen molar-refractivity contribution >= 4 is 0 Å². The standard InChI is InChI=1S/C10H7F3O/c11-10(12,13)14-8-4-7-9-5-2-1-3-6-9/h1-3,5-6H,8H2. The Kier molecular flexibility index (Phi) is 3.55. The third kappa shape index (κ3) is 4.53. The average molecular weight is 200 g/mol. The van der Waals surface area contributed by atoms with Crippen LogP contribution >= 0.6 is 0 Å². The number of halogens is 3. The van der Waals surface area contributed by atoms with Gasteiger partial charge in [-0.1, -0.05) is 30.0 Å². The Morgan fingerprint density at radius 3 is 2.36 bits per heavy atom. The first-order valence-corrected chi connectivity index (χ1v) is 3.82. The molecule has 14 heavy (non-hydrogen) atoms. The molecule has 0 fully saturated rings. The minimum Gasteiger partial charge on any atom is -0.279 e. The maximum absolute atomic E-state index is 11.5. The molecule has 1 aromatic carbocycles. The number of hydrogen-bond acceptors (Lipinski definition) is 1. The average Bonchev–Trinajstić information content (AvgIpc) is 2.13. The molecular weight excluding hydrogens is 193 g/mol. The fourth-order valence-corrected chi connectivity index (χ4v) is 0.778. The van der Waals surface area contributed by atoms with Gasteiger partial charge in [-0.05, 0) is 12.1 Å². The van der Waals surface area contributed by atoms with E-state index in [4.69, 9.17) is 0 Å². The van der Waals surface area contributed by atoms with Crippen molar-refractivity contribution in [2.45, 2.75) is 6.36 Å². The lowest BCUT2D eigenvalue weighted by Gasteiger charge is -2.01. The molecule has 0 N–H and O–H groups in total. The number of alkyl halides is 3. The largest absolute Gasteiger partial charge is 0.523 e. The van der Waals surface area contributed by atoms with Crippen LogP contribution in [0.2, 0.25) is 0 Å². The normalized spacial score (nSPS) is 10.5. The highest BCUT2D eigenvalue weighted by Gasteiger charge is 2.28. The molecule has 1 aromatic rings. The maximum Gasteiger partial charge on any atom is 0.523 e. The van der Waals surface area contributed by atoms with Crippen LogP contribution in [-0.2, 0) is 4.74 Å². The zero-order chi connectivity index (χ0) is 10.4. The summed E-state index contributed by atoms with van der Waals surface area (Å²) >= 11 is 0. The Bertz CT molecular complexity index is 332. The van der Waals surface area contributed by atoms with Crippen LogP contribution in [0.15, 0.2) is 30.3 Å². The van der Waals surface area contributed by atoms with Gasteiger partial charge in [-0.3, -0.25) is 4.74 Å². The van der Waals surface area contributed by atoms with E-state index in [2.05, 4.69) is 16.6 Å². The van der Waals surface area contributed by atoms with Gasteiger partial charge >= 0.3 is 6.36 Å². The van der Waals surface area contributed by atoms with Crippen LogP contribution in [0, 0.1) is 11.8 Å². The van der Waals surface area contributed by atoms with Gasteiger partial charge in [0.15, 0.2) is 0 Å². The lowest BCUT2D eigenvalue weighted by Crippen LogP contribution is -2.13. The highest BCUT2D eigenvalue weighted by molar-refractivity contribution is 5.33. The second-order valence-corrected chi connectivity index (χ2v) is 2.40. The van der Waals surface area contributed by atoms with Gasteiger partial charge in [-0.2, -0.15) is 0 Å². The molecule has 0 aliphatic heterocycles. The van der Waals surface area contributed by atoms with Gasteiger partial charge in [0, 0.05) is 5.56 Å². The van der Waals surface area contributed by atoms with Gasteiger partial charge in [-0.25, -0.2) is 0 Å². The van der Waals surface area contributed by atoms with Crippen molar-refractivity contribution in [3.63, 3.8) is 0 Å². The van der Waals surface area contributed by atoms with Crippen LogP contribution in [0.4, 0.5) is 13.2 Å². The molecule has 0 bridgehead atoms. The molecule has 1 nitrogen and oxygen atoms in total. The van der Waals surface area contributed by atoms with Crippen LogP contribution < -0.4 is 0 Å². The molecule has 4 heteroatoms. The van der Waals surface area contributed by atoms with Crippen molar-refractivity contribution in [1.29, 1.82) is 0 Å². The van der Waals surface area contributed by atoms with Crippen LogP contribution in [-0.4, -0.2) is 13.0 Å².